The van der Waals surface area contributed by atoms with Crippen LogP contribution in [0.15, 0.2) is 48.5 Å². The summed E-state index contributed by atoms with van der Waals surface area (Å²) >= 11 is 0. The Labute approximate surface area is 234 Å². The van der Waals surface area contributed by atoms with Crippen LogP contribution in [0.1, 0.15) is 62.5 Å². The molecule has 0 spiro atoms. The van der Waals surface area contributed by atoms with Crippen molar-refractivity contribution in [2.45, 2.75) is 66.0 Å². The van der Waals surface area contributed by atoms with Gasteiger partial charge in [-0.2, -0.15) is 0 Å². The number of likely N-dealkylation sites (tertiary alicyclic amines) is 1. The van der Waals surface area contributed by atoms with Crippen molar-refractivity contribution in [3.05, 3.63) is 65.2 Å². The molecule has 1 fully saturated rings. The first kappa shape index (κ1) is 30.5. The van der Waals surface area contributed by atoms with E-state index in [9.17, 15) is 9.59 Å². The van der Waals surface area contributed by atoms with Gasteiger partial charge in [0, 0.05) is 50.8 Å². The van der Waals surface area contributed by atoms with Crippen molar-refractivity contribution in [3.63, 3.8) is 0 Å². The number of carbonyl (C=O) groups excluding carboxylic acids is 2. The smallest absolute Gasteiger partial charge is 0.410 e. The summed E-state index contributed by atoms with van der Waals surface area (Å²) < 4.78 is 16.7. The van der Waals surface area contributed by atoms with Gasteiger partial charge in [-0.1, -0.05) is 50.2 Å². The van der Waals surface area contributed by atoms with Crippen molar-refractivity contribution < 1.29 is 23.8 Å². The van der Waals surface area contributed by atoms with Gasteiger partial charge in [-0.05, 0) is 69.2 Å². The number of carbonyl (C=O) groups is 2. The van der Waals surface area contributed by atoms with Gasteiger partial charge < -0.3 is 24.4 Å². The van der Waals surface area contributed by atoms with E-state index in [2.05, 4.69) is 31.3 Å². The van der Waals surface area contributed by atoms with Crippen LogP contribution >= 0.6 is 0 Å². The third-order valence-electron chi connectivity index (χ3n) is 7.16. The van der Waals surface area contributed by atoms with Crippen LogP contribution in [0.25, 0.3) is 0 Å². The molecule has 0 aromatic heterocycles. The molecule has 1 heterocycles. The van der Waals surface area contributed by atoms with Crippen molar-refractivity contribution in [1.82, 2.24) is 10.2 Å². The fourth-order valence-corrected chi connectivity index (χ4v) is 5.20. The molecule has 0 aliphatic carbocycles. The van der Waals surface area contributed by atoms with Crippen LogP contribution in [0, 0.1) is 24.7 Å². The first-order valence-electron chi connectivity index (χ1n) is 14.0. The van der Waals surface area contributed by atoms with E-state index in [0.717, 1.165) is 18.4 Å². The molecule has 2 aromatic carbocycles. The average Bonchev–Trinajstić information content (AvgIpc) is 3.29. The zero-order chi connectivity index (χ0) is 28.6. The van der Waals surface area contributed by atoms with E-state index in [0.29, 0.717) is 37.6 Å². The highest BCUT2D eigenvalue weighted by Gasteiger charge is 2.42. The van der Waals surface area contributed by atoms with Crippen molar-refractivity contribution in [1.29, 1.82) is 0 Å². The zero-order valence-corrected chi connectivity index (χ0v) is 24.7. The minimum atomic E-state index is -0.565. The lowest BCUT2D eigenvalue weighted by Gasteiger charge is -2.32. The van der Waals surface area contributed by atoms with Crippen molar-refractivity contribution in [2.24, 2.45) is 17.8 Å². The summed E-state index contributed by atoms with van der Waals surface area (Å²) in [5.74, 6) is 1.01. The van der Waals surface area contributed by atoms with Gasteiger partial charge >= 0.3 is 6.09 Å². The van der Waals surface area contributed by atoms with Crippen LogP contribution in [-0.4, -0.2) is 62.0 Å². The molecule has 2 aromatic rings. The number of nitrogens with one attached hydrogen (secondary N) is 1. The summed E-state index contributed by atoms with van der Waals surface area (Å²) in [6.45, 7) is 14.2. The summed E-state index contributed by atoms with van der Waals surface area (Å²) in [7, 11) is 1.67. The molecule has 3 atom stereocenters. The number of aryl methyl sites for hydroxylation is 1. The molecule has 0 bridgehead atoms. The van der Waals surface area contributed by atoms with E-state index in [1.165, 1.54) is 5.56 Å². The predicted molar refractivity (Wildman–Crippen MR) is 154 cm³/mol. The second kappa shape index (κ2) is 13.8. The van der Waals surface area contributed by atoms with E-state index >= 15 is 0 Å². The van der Waals surface area contributed by atoms with Gasteiger partial charge in [0.25, 0.3) is 5.91 Å². The Morgan fingerprint density at radius 2 is 1.77 bits per heavy atom. The highest BCUT2D eigenvalue weighted by Crippen LogP contribution is 2.33. The lowest BCUT2D eigenvalue weighted by atomic mass is 9.80. The molecule has 7 heteroatoms. The van der Waals surface area contributed by atoms with Crippen molar-refractivity contribution >= 4 is 12.0 Å². The summed E-state index contributed by atoms with van der Waals surface area (Å²) in [5, 5.41) is 3.33. The number of rotatable bonds is 11. The molecule has 39 heavy (non-hydrogen) atoms. The van der Waals surface area contributed by atoms with Gasteiger partial charge in [0.15, 0.2) is 0 Å². The number of methoxy groups -OCH3 is 1. The largest absolute Gasteiger partial charge is 0.493 e. The minimum absolute atomic E-state index is 0.0805. The predicted octanol–water partition coefficient (Wildman–Crippen LogP) is 5.89. The molecule has 0 saturated carbocycles. The highest BCUT2D eigenvalue weighted by atomic mass is 16.6. The summed E-state index contributed by atoms with van der Waals surface area (Å²) in [6, 6.07) is 15.8. The average molecular weight is 539 g/mol. The quantitative estimate of drug-likeness (QED) is 0.361. The molecule has 1 saturated heterocycles. The summed E-state index contributed by atoms with van der Waals surface area (Å²) in [4.78, 5) is 28.4. The monoisotopic (exact) mass is 538 g/mol. The molecule has 2 amide bonds. The molecule has 1 unspecified atom stereocenters. The minimum Gasteiger partial charge on any atom is -0.493 e. The third-order valence-corrected chi connectivity index (χ3v) is 7.16. The van der Waals surface area contributed by atoms with Crippen LogP contribution in [0.4, 0.5) is 4.79 Å². The Balaban J connectivity index is 1.80. The molecule has 1 aliphatic rings. The number of nitrogens with zero attached hydrogens (tertiary/aromatic N) is 1. The Hall–Kier alpha value is -3.06. The fourth-order valence-electron chi connectivity index (χ4n) is 5.20. The van der Waals surface area contributed by atoms with Crippen LogP contribution in [0.3, 0.4) is 0 Å². The number of ether oxygens (including phenoxy) is 3. The molecular formula is C32H46N2O5. The maximum atomic E-state index is 13.5. The van der Waals surface area contributed by atoms with E-state index in [4.69, 9.17) is 14.2 Å². The molecular weight excluding hydrogens is 492 g/mol. The first-order chi connectivity index (χ1) is 18.5. The standard InChI is InChI=1S/C32H46N2O5/c1-22(2)29(33-30(35)25-15-14-23(3)28(19-25)38-17-11-16-37-7)27-21-34(31(36)39-32(4,5)6)20-26(27)18-24-12-9-8-10-13-24/h8-10,12-15,19,22,26-27,29H,11,16-18,20-21H2,1-7H3,(H,33,35)/t26-,27+,29?/m1/s1. The normalized spacial score (nSPS) is 18.2. The summed E-state index contributed by atoms with van der Waals surface area (Å²) in [6.07, 6.45) is 1.31. The highest BCUT2D eigenvalue weighted by molar-refractivity contribution is 5.95. The molecule has 0 radical (unpaired) electrons. The fraction of sp³-hybridized carbons (Fsp3) is 0.562. The summed E-state index contributed by atoms with van der Waals surface area (Å²) in [5.41, 5.74) is 2.21. The van der Waals surface area contributed by atoms with Crippen molar-refractivity contribution in [2.75, 3.05) is 33.4 Å². The van der Waals surface area contributed by atoms with Gasteiger partial charge in [0.05, 0.1) is 6.61 Å². The molecule has 214 valence electrons. The number of benzene rings is 2. The lowest BCUT2D eigenvalue weighted by Crippen LogP contribution is -2.47. The van der Waals surface area contributed by atoms with Crippen LogP contribution in [0.2, 0.25) is 0 Å². The lowest BCUT2D eigenvalue weighted by molar-refractivity contribution is 0.0281. The van der Waals surface area contributed by atoms with Crippen LogP contribution in [-0.2, 0) is 15.9 Å². The molecule has 7 nitrogen and oxygen atoms in total. The first-order valence-corrected chi connectivity index (χ1v) is 14.0. The van der Waals surface area contributed by atoms with Crippen molar-refractivity contribution in [3.8, 4) is 5.75 Å². The SMILES string of the molecule is COCCCOc1cc(C(=O)NC(C(C)C)[C@H]2CN(C(=O)OC(C)(C)C)C[C@H]2Cc2ccccc2)ccc1C. The third kappa shape index (κ3) is 8.99. The maximum absolute atomic E-state index is 13.5. The van der Waals surface area contributed by atoms with Crippen LogP contribution in [0.5, 0.6) is 5.75 Å². The van der Waals surface area contributed by atoms with E-state index < -0.39 is 5.60 Å². The second-order valence-electron chi connectivity index (χ2n) is 11.9. The van der Waals surface area contributed by atoms with Gasteiger partial charge in [-0.3, -0.25) is 4.79 Å². The Morgan fingerprint density at radius 1 is 1.05 bits per heavy atom. The maximum Gasteiger partial charge on any atom is 0.410 e. The van der Waals surface area contributed by atoms with E-state index in [-0.39, 0.29) is 35.8 Å². The Bertz CT molecular complexity index is 1080. The van der Waals surface area contributed by atoms with Gasteiger partial charge in [0.1, 0.15) is 11.4 Å². The van der Waals surface area contributed by atoms with E-state index in [1.54, 1.807) is 7.11 Å². The number of hydrogen-bond donors (Lipinski definition) is 1. The number of hydrogen-bond acceptors (Lipinski definition) is 5. The Kier molecular flexibility index (Phi) is 10.8. The second-order valence-corrected chi connectivity index (χ2v) is 11.9. The van der Waals surface area contributed by atoms with Crippen LogP contribution < -0.4 is 10.1 Å². The number of amides is 2. The molecule has 1 aliphatic heterocycles. The zero-order valence-electron chi connectivity index (χ0n) is 24.7. The molecule has 1 N–H and O–H groups in total. The topological polar surface area (TPSA) is 77.1 Å². The van der Waals surface area contributed by atoms with E-state index in [1.807, 2.05) is 69.0 Å². The van der Waals surface area contributed by atoms with Gasteiger partial charge in [0.2, 0.25) is 0 Å². The van der Waals surface area contributed by atoms with Gasteiger partial charge in [-0.25, -0.2) is 4.79 Å². The molecule has 3 rings (SSSR count). The Morgan fingerprint density at radius 3 is 2.41 bits per heavy atom. The van der Waals surface area contributed by atoms with Gasteiger partial charge in [-0.15, -0.1) is 0 Å².